The molecule has 0 unspecified atom stereocenters. The van der Waals surface area contributed by atoms with E-state index in [0.717, 1.165) is 21.7 Å². The molecular weight excluding hydrogens is 326 g/mol. The van der Waals surface area contributed by atoms with Gasteiger partial charge in [-0.05, 0) is 37.1 Å². The van der Waals surface area contributed by atoms with Crippen LogP contribution < -0.4 is 5.32 Å². The third-order valence-corrected chi connectivity index (χ3v) is 4.80. The lowest BCUT2D eigenvalue weighted by atomic mass is 10.1. The van der Waals surface area contributed by atoms with Crippen molar-refractivity contribution in [3.63, 3.8) is 0 Å². The molecular formula is C17H21N3O3S. The maximum absolute atomic E-state index is 12.3. The van der Waals surface area contributed by atoms with E-state index in [1.54, 1.807) is 24.4 Å². The minimum Gasteiger partial charge on any atom is -0.324 e. The Balaban J connectivity index is 2.13. The van der Waals surface area contributed by atoms with E-state index in [-0.39, 0.29) is 19.0 Å². The Kier molecular flexibility index (Phi) is 5.69. The number of amides is 1. The molecule has 1 aromatic carbocycles. The normalized spacial score (nSPS) is 11.5. The van der Waals surface area contributed by atoms with Gasteiger partial charge in [0.25, 0.3) is 0 Å². The lowest BCUT2D eigenvalue weighted by Crippen LogP contribution is -2.37. The van der Waals surface area contributed by atoms with Crippen LogP contribution in [-0.4, -0.2) is 36.4 Å². The van der Waals surface area contributed by atoms with Gasteiger partial charge in [-0.15, -0.1) is 0 Å². The maximum atomic E-state index is 12.3. The highest BCUT2D eigenvalue weighted by atomic mass is 32.2. The van der Waals surface area contributed by atoms with Crippen molar-refractivity contribution in [3.8, 4) is 0 Å². The third kappa shape index (κ3) is 4.87. The highest BCUT2D eigenvalue weighted by Crippen LogP contribution is 2.19. The molecule has 0 saturated carbocycles. The first-order valence-corrected chi connectivity index (χ1v) is 9.33. The summed E-state index contributed by atoms with van der Waals surface area (Å²) in [5.74, 6) is -0.381. The summed E-state index contributed by atoms with van der Waals surface area (Å²) in [6, 6.07) is 10.9. The van der Waals surface area contributed by atoms with Gasteiger partial charge >= 0.3 is 0 Å². The summed E-state index contributed by atoms with van der Waals surface area (Å²) in [5, 5.41) is 2.80. The molecule has 1 aromatic heterocycles. The molecule has 1 N–H and O–H groups in total. The van der Waals surface area contributed by atoms with Crippen molar-refractivity contribution >= 4 is 21.6 Å². The van der Waals surface area contributed by atoms with Crippen molar-refractivity contribution in [3.05, 3.63) is 59.4 Å². The number of benzene rings is 1. The van der Waals surface area contributed by atoms with Gasteiger partial charge < -0.3 is 5.32 Å². The zero-order chi connectivity index (χ0) is 17.7. The smallest absolute Gasteiger partial charge is 0.239 e. The fourth-order valence-corrected chi connectivity index (χ4v) is 3.03. The van der Waals surface area contributed by atoms with Crippen LogP contribution in [0.4, 0.5) is 5.69 Å². The molecule has 0 fully saturated rings. The predicted molar refractivity (Wildman–Crippen MR) is 94.0 cm³/mol. The van der Waals surface area contributed by atoms with E-state index >= 15 is 0 Å². The number of anilines is 1. The number of rotatable bonds is 6. The van der Waals surface area contributed by atoms with E-state index < -0.39 is 10.0 Å². The van der Waals surface area contributed by atoms with Gasteiger partial charge in [0, 0.05) is 11.9 Å². The first-order chi connectivity index (χ1) is 11.3. The van der Waals surface area contributed by atoms with Crippen molar-refractivity contribution in [1.82, 2.24) is 9.29 Å². The van der Waals surface area contributed by atoms with Crippen molar-refractivity contribution in [2.75, 3.05) is 18.1 Å². The number of nitrogens with zero attached hydrogens (tertiary/aromatic N) is 2. The molecule has 2 rings (SSSR count). The van der Waals surface area contributed by atoms with Crippen molar-refractivity contribution in [2.24, 2.45) is 0 Å². The lowest BCUT2D eigenvalue weighted by Gasteiger charge is -2.20. The minimum atomic E-state index is -3.54. The van der Waals surface area contributed by atoms with E-state index in [9.17, 15) is 13.2 Å². The topological polar surface area (TPSA) is 79.4 Å². The van der Waals surface area contributed by atoms with Gasteiger partial charge in [-0.3, -0.25) is 9.78 Å². The first kappa shape index (κ1) is 18.1. The van der Waals surface area contributed by atoms with E-state index in [4.69, 9.17) is 0 Å². The summed E-state index contributed by atoms with van der Waals surface area (Å²) >= 11 is 0. The summed E-state index contributed by atoms with van der Waals surface area (Å²) in [7, 11) is -3.54. The van der Waals surface area contributed by atoms with Crippen LogP contribution in [0.3, 0.4) is 0 Å². The lowest BCUT2D eigenvalue weighted by molar-refractivity contribution is -0.116. The summed E-state index contributed by atoms with van der Waals surface area (Å²) in [5.41, 5.74) is 3.16. The maximum Gasteiger partial charge on any atom is 0.239 e. The Hall–Kier alpha value is -2.25. The number of hydrogen-bond donors (Lipinski definition) is 1. The number of carbonyl (C=O) groups is 1. The number of pyridine rings is 1. The van der Waals surface area contributed by atoms with Gasteiger partial charge in [0.05, 0.1) is 25.0 Å². The highest BCUT2D eigenvalue weighted by molar-refractivity contribution is 7.88. The molecule has 1 heterocycles. The first-order valence-electron chi connectivity index (χ1n) is 7.48. The van der Waals surface area contributed by atoms with Crippen molar-refractivity contribution in [2.45, 2.75) is 20.4 Å². The summed E-state index contributed by atoms with van der Waals surface area (Å²) in [4.78, 5) is 16.4. The third-order valence-electron chi connectivity index (χ3n) is 3.60. The van der Waals surface area contributed by atoms with Crippen LogP contribution in [0.1, 0.15) is 16.8 Å². The minimum absolute atomic E-state index is 0.0554. The van der Waals surface area contributed by atoms with Crippen LogP contribution in [0.5, 0.6) is 0 Å². The average molecular weight is 347 g/mol. The number of sulfonamides is 1. The van der Waals surface area contributed by atoms with Gasteiger partial charge in [0.15, 0.2) is 0 Å². The molecule has 0 saturated heterocycles. The van der Waals surface area contributed by atoms with Crippen molar-refractivity contribution in [1.29, 1.82) is 0 Å². The highest BCUT2D eigenvalue weighted by Gasteiger charge is 2.21. The number of aryl methyl sites for hydroxylation is 2. The number of aromatic nitrogens is 1. The molecule has 24 heavy (non-hydrogen) atoms. The molecule has 1 amide bonds. The van der Waals surface area contributed by atoms with Gasteiger partial charge in [0.1, 0.15) is 0 Å². The zero-order valence-corrected chi connectivity index (χ0v) is 14.8. The van der Waals surface area contributed by atoms with Crippen LogP contribution in [0.15, 0.2) is 42.6 Å². The second kappa shape index (κ2) is 7.55. The van der Waals surface area contributed by atoms with Gasteiger partial charge in [-0.1, -0.05) is 24.3 Å². The fraction of sp³-hybridized carbons (Fsp3) is 0.294. The molecule has 128 valence electrons. The van der Waals surface area contributed by atoms with E-state index in [1.165, 1.54) is 0 Å². The Morgan fingerprint density at radius 2 is 1.79 bits per heavy atom. The van der Waals surface area contributed by atoms with Crippen LogP contribution in [0.25, 0.3) is 0 Å². The molecule has 0 radical (unpaired) electrons. The molecule has 0 spiro atoms. The van der Waals surface area contributed by atoms with Gasteiger partial charge in [-0.25, -0.2) is 8.42 Å². The predicted octanol–water partition coefficient (Wildman–Crippen LogP) is 2.10. The summed E-state index contributed by atoms with van der Waals surface area (Å²) in [6.07, 6.45) is 2.68. The average Bonchev–Trinajstić information content (AvgIpc) is 2.50. The number of hydrogen-bond acceptors (Lipinski definition) is 4. The zero-order valence-electron chi connectivity index (χ0n) is 14.0. The van der Waals surface area contributed by atoms with Crippen LogP contribution in [0, 0.1) is 13.8 Å². The fourth-order valence-electron chi connectivity index (χ4n) is 2.31. The molecule has 0 aliphatic heterocycles. The van der Waals surface area contributed by atoms with Crippen LogP contribution >= 0.6 is 0 Å². The van der Waals surface area contributed by atoms with Gasteiger partial charge in [-0.2, -0.15) is 4.31 Å². The summed E-state index contributed by atoms with van der Waals surface area (Å²) < 4.78 is 25.1. The van der Waals surface area contributed by atoms with Crippen LogP contribution in [0.2, 0.25) is 0 Å². The SMILES string of the molecule is Cc1cccc(C)c1NC(=O)CN(Cc1ccccn1)S(C)(=O)=O. The molecule has 0 bridgehead atoms. The molecule has 0 atom stereocenters. The Bertz CT molecular complexity index is 800. The Labute approximate surface area is 142 Å². The molecule has 0 aliphatic carbocycles. The summed E-state index contributed by atoms with van der Waals surface area (Å²) in [6.45, 7) is 3.58. The number of nitrogens with one attached hydrogen (secondary N) is 1. The van der Waals surface area contributed by atoms with E-state index in [0.29, 0.717) is 11.4 Å². The molecule has 6 nitrogen and oxygen atoms in total. The van der Waals surface area contributed by atoms with E-state index in [2.05, 4.69) is 10.3 Å². The van der Waals surface area contributed by atoms with Crippen LogP contribution in [-0.2, 0) is 21.4 Å². The van der Waals surface area contributed by atoms with E-state index in [1.807, 2.05) is 32.0 Å². The van der Waals surface area contributed by atoms with Gasteiger partial charge in [0.2, 0.25) is 15.9 Å². The molecule has 2 aromatic rings. The Morgan fingerprint density at radius 1 is 1.12 bits per heavy atom. The number of carbonyl (C=O) groups excluding carboxylic acids is 1. The van der Waals surface area contributed by atoms with Crippen molar-refractivity contribution < 1.29 is 13.2 Å². The number of para-hydroxylation sites is 1. The second-order valence-electron chi connectivity index (χ2n) is 5.67. The molecule has 0 aliphatic rings. The largest absolute Gasteiger partial charge is 0.324 e. The molecule has 7 heteroatoms. The quantitative estimate of drug-likeness (QED) is 0.868. The second-order valence-corrected chi connectivity index (χ2v) is 7.65. The monoisotopic (exact) mass is 347 g/mol. The Morgan fingerprint density at radius 3 is 2.33 bits per heavy atom. The standard InChI is InChI=1S/C17H21N3O3S/c1-13-7-6-8-14(2)17(13)19-16(21)12-20(24(3,22)23)11-15-9-4-5-10-18-15/h4-10H,11-12H2,1-3H3,(H,19,21).